The first-order valence-electron chi connectivity index (χ1n) is 6.82. The molecular formula is C15H19Cl2NO. The maximum atomic E-state index is 12.3. The second-order valence-corrected chi connectivity index (χ2v) is 5.96. The molecule has 0 aromatic heterocycles. The quantitative estimate of drug-likeness (QED) is 0.838. The summed E-state index contributed by atoms with van der Waals surface area (Å²) in [5.74, 6) is 0.802. The van der Waals surface area contributed by atoms with Crippen molar-refractivity contribution in [1.82, 2.24) is 5.32 Å². The predicted octanol–water partition coefficient (Wildman–Crippen LogP) is 4.34. The van der Waals surface area contributed by atoms with E-state index in [1.807, 2.05) is 0 Å². The molecule has 1 aliphatic heterocycles. The number of piperidine rings is 1. The third-order valence-electron chi connectivity index (χ3n) is 3.86. The van der Waals surface area contributed by atoms with E-state index in [0.29, 0.717) is 22.0 Å². The summed E-state index contributed by atoms with van der Waals surface area (Å²) in [5, 5.41) is 4.23. The van der Waals surface area contributed by atoms with Gasteiger partial charge in [-0.05, 0) is 37.4 Å². The van der Waals surface area contributed by atoms with Crippen molar-refractivity contribution in [1.29, 1.82) is 0 Å². The summed E-state index contributed by atoms with van der Waals surface area (Å²) in [6, 6.07) is 5.48. The highest BCUT2D eigenvalue weighted by atomic mass is 35.5. The van der Waals surface area contributed by atoms with E-state index < -0.39 is 0 Å². The van der Waals surface area contributed by atoms with Gasteiger partial charge >= 0.3 is 0 Å². The number of ketones is 1. The molecule has 2 nitrogen and oxygen atoms in total. The Bertz CT molecular complexity index is 461. The fourth-order valence-corrected chi connectivity index (χ4v) is 3.08. The molecule has 1 N–H and O–H groups in total. The minimum Gasteiger partial charge on any atom is -0.314 e. The van der Waals surface area contributed by atoms with Gasteiger partial charge in [-0.3, -0.25) is 4.79 Å². The summed E-state index contributed by atoms with van der Waals surface area (Å²) in [6.07, 6.45) is 3.96. The Morgan fingerprint density at radius 1 is 1.42 bits per heavy atom. The van der Waals surface area contributed by atoms with Crippen LogP contribution in [0.5, 0.6) is 0 Å². The molecule has 19 heavy (non-hydrogen) atoms. The summed E-state index contributed by atoms with van der Waals surface area (Å²) in [6.45, 7) is 3.21. The SMILES string of the molecule is CCC1CCNC(CC(=O)c2cccc(Cl)c2Cl)C1. The molecule has 2 atom stereocenters. The van der Waals surface area contributed by atoms with Gasteiger partial charge in [0.1, 0.15) is 0 Å². The largest absolute Gasteiger partial charge is 0.314 e. The summed E-state index contributed by atoms with van der Waals surface area (Å²) in [5.41, 5.74) is 0.537. The molecule has 0 saturated carbocycles. The molecular weight excluding hydrogens is 281 g/mol. The normalized spacial score (nSPS) is 23.3. The van der Waals surface area contributed by atoms with E-state index in [1.165, 1.54) is 12.8 Å². The van der Waals surface area contributed by atoms with Gasteiger partial charge in [0.2, 0.25) is 0 Å². The number of Topliss-reactive ketones (excluding diaryl/α,β-unsaturated/α-hetero) is 1. The third-order valence-corrected chi connectivity index (χ3v) is 4.68. The van der Waals surface area contributed by atoms with Crippen molar-refractivity contribution in [2.45, 2.75) is 38.6 Å². The Hall–Kier alpha value is -0.570. The van der Waals surface area contributed by atoms with Crippen LogP contribution in [-0.2, 0) is 0 Å². The monoisotopic (exact) mass is 299 g/mol. The highest BCUT2D eigenvalue weighted by Gasteiger charge is 2.23. The maximum absolute atomic E-state index is 12.3. The number of hydrogen-bond donors (Lipinski definition) is 1. The number of halogens is 2. The highest BCUT2D eigenvalue weighted by Crippen LogP contribution is 2.28. The Balaban J connectivity index is 2.02. The molecule has 4 heteroatoms. The zero-order valence-electron chi connectivity index (χ0n) is 11.1. The lowest BCUT2D eigenvalue weighted by molar-refractivity contribution is 0.0957. The van der Waals surface area contributed by atoms with Gasteiger partial charge in [-0.2, -0.15) is 0 Å². The van der Waals surface area contributed by atoms with Crippen molar-refractivity contribution in [3.8, 4) is 0 Å². The molecule has 1 aromatic carbocycles. The molecule has 0 amide bonds. The van der Waals surface area contributed by atoms with Crippen molar-refractivity contribution < 1.29 is 4.79 Å². The van der Waals surface area contributed by atoms with E-state index in [1.54, 1.807) is 18.2 Å². The molecule has 2 rings (SSSR count). The van der Waals surface area contributed by atoms with Crippen LogP contribution in [0.3, 0.4) is 0 Å². The van der Waals surface area contributed by atoms with Crippen molar-refractivity contribution in [3.05, 3.63) is 33.8 Å². The summed E-state index contributed by atoms with van der Waals surface area (Å²) >= 11 is 12.0. The number of hydrogen-bond acceptors (Lipinski definition) is 2. The van der Waals surface area contributed by atoms with Gasteiger partial charge in [0.05, 0.1) is 10.0 Å². The van der Waals surface area contributed by atoms with Crippen LogP contribution in [0.2, 0.25) is 10.0 Å². The van der Waals surface area contributed by atoms with Crippen LogP contribution in [0.4, 0.5) is 0 Å². The predicted molar refractivity (Wildman–Crippen MR) is 80.2 cm³/mol. The number of nitrogens with one attached hydrogen (secondary N) is 1. The molecule has 0 radical (unpaired) electrons. The van der Waals surface area contributed by atoms with Crippen LogP contribution in [-0.4, -0.2) is 18.4 Å². The molecule has 0 aliphatic carbocycles. The van der Waals surface area contributed by atoms with Crippen LogP contribution in [0, 0.1) is 5.92 Å². The highest BCUT2D eigenvalue weighted by molar-refractivity contribution is 6.43. The van der Waals surface area contributed by atoms with Gasteiger partial charge in [0, 0.05) is 18.0 Å². The van der Waals surface area contributed by atoms with E-state index in [4.69, 9.17) is 23.2 Å². The minimum atomic E-state index is 0.0711. The summed E-state index contributed by atoms with van der Waals surface area (Å²) in [7, 11) is 0. The zero-order valence-corrected chi connectivity index (χ0v) is 12.6. The molecule has 104 valence electrons. The number of carbonyl (C=O) groups is 1. The van der Waals surface area contributed by atoms with E-state index in [-0.39, 0.29) is 11.8 Å². The second kappa shape index (κ2) is 6.74. The average Bonchev–Trinajstić information content (AvgIpc) is 2.42. The number of carbonyl (C=O) groups excluding carboxylic acids is 1. The van der Waals surface area contributed by atoms with E-state index in [2.05, 4.69) is 12.2 Å². The first kappa shape index (κ1) is 14.8. The lowest BCUT2D eigenvalue weighted by Gasteiger charge is -2.29. The standard InChI is InChI=1S/C15H19Cl2NO/c1-2-10-6-7-18-11(8-10)9-14(19)12-4-3-5-13(16)15(12)17/h3-5,10-11,18H,2,6-9H2,1H3. The Morgan fingerprint density at radius 2 is 2.21 bits per heavy atom. The van der Waals surface area contributed by atoms with Crippen molar-refractivity contribution in [2.75, 3.05) is 6.54 Å². The Labute approximate surface area is 124 Å². The van der Waals surface area contributed by atoms with Gasteiger partial charge in [-0.15, -0.1) is 0 Å². The molecule has 1 saturated heterocycles. The van der Waals surface area contributed by atoms with E-state index >= 15 is 0 Å². The first-order chi connectivity index (χ1) is 9.11. The fourth-order valence-electron chi connectivity index (χ4n) is 2.67. The Morgan fingerprint density at radius 3 is 2.95 bits per heavy atom. The molecule has 0 bridgehead atoms. The smallest absolute Gasteiger partial charge is 0.165 e. The van der Waals surface area contributed by atoms with Crippen molar-refractivity contribution in [3.63, 3.8) is 0 Å². The molecule has 1 fully saturated rings. The number of rotatable bonds is 4. The lowest BCUT2D eigenvalue weighted by atomic mass is 9.87. The fraction of sp³-hybridized carbons (Fsp3) is 0.533. The first-order valence-corrected chi connectivity index (χ1v) is 7.58. The number of benzene rings is 1. The molecule has 2 unspecified atom stereocenters. The van der Waals surface area contributed by atoms with E-state index in [9.17, 15) is 4.79 Å². The molecule has 1 aromatic rings. The average molecular weight is 300 g/mol. The maximum Gasteiger partial charge on any atom is 0.165 e. The van der Waals surface area contributed by atoms with Gasteiger partial charge < -0.3 is 5.32 Å². The van der Waals surface area contributed by atoms with Gasteiger partial charge in [-0.25, -0.2) is 0 Å². The second-order valence-electron chi connectivity index (χ2n) is 5.18. The molecule has 1 heterocycles. The van der Waals surface area contributed by atoms with Gasteiger partial charge in [0.25, 0.3) is 0 Å². The van der Waals surface area contributed by atoms with Gasteiger partial charge in [-0.1, -0.05) is 42.6 Å². The van der Waals surface area contributed by atoms with E-state index in [0.717, 1.165) is 18.9 Å². The van der Waals surface area contributed by atoms with Crippen LogP contribution in [0.1, 0.15) is 43.0 Å². The van der Waals surface area contributed by atoms with Crippen molar-refractivity contribution in [2.24, 2.45) is 5.92 Å². The van der Waals surface area contributed by atoms with Crippen LogP contribution in [0.15, 0.2) is 18.2 Å². The van der Waals surface area contributed by atoms with Crippen molar-refractivity contribution >= 4 is 29.0 Å². The summed E-state index contributed by atoms with van der Waals surface area (Å²) in [4.78, 5) is 12.3. The lowest BCUT2D eigenvalue weighted by Crippen LogP contribution is -2.39. The Kier molecular flexibility index (Phi) is 5.26. The zero-order chi connectivity index (χ0) is 13.8. The van der Waals surface area contributed by atoms with Crippen LogP contribution < -0.4 is 5.32 Å². The van der Waals surface area contributed by atoms with Crippen LogP contribution in [0.25, 0.3) is 0 Å². The molecule has 0 spiro atoms. The topological polar surface area (TPSA) is 29.1 Å². The molecule has 1 aliphatic rings. The minimum absolute atomic E-state index is 0.0711. The summed E-state index contributed by atoms with van der Waals surface area (Å²) < 4.78 is 0. The van der Waals surface area contributed by atoms with Crippen LogP contribution >= 0.6 is 23.2 Å². The van der Waals surface area contributed by atoms with Gasteiger partial charge in [0.15, 0.2) is 5.78 Å². The third kappa shape index (κ3) is 3.71.